The van der Waals surface area contributed by atoms with E-state index < -0.39 is 0 Å². The first-order valence-electron chi connectivity index (χ1n) is 9.60. The summed E-state index contributed by atoms with van der Waals surface area (Å²) in [5.74, 6) is -0.0202. The van der Waals surface area contributed by atoms with E-state index in [9.17, 15) is 9.18 Å². The number of benzene rings is 1. The molecule has 7 nitrogen and oxygen atoms in total. The fourth-order valence-electron chi connectivity index (χ4n) is 3.84. The Morgan fingerprint density at radius 1 is 1.22 bits per heavy atom. The van der Waals surface area contributed by atoms with Crippen LogP contribution in [0.3, 0.4) is 0 Å². The quantitative estimate of drug-likeness (QED) is 0.834. The summed E-state index contributed by atoms with van der Waals surface area (Å²) in [5, 5.41) is 14.5. The summed E-state index contributed by atoms with van der Waals surface area (Å²) in [6, 6.07) is 6.89. The number of nitrogens with zero attached hydrogens (tertiary/aromatic N) is 4. The number of amides is 1. The van der Waals surface area contributed by atoms with Crippen LogP contribution in [0, 0.1) is 11.7 Å². The molecule has 144 valence electrons. The van der Waals surface area contributed by atoms with Gasteiger partial charge in [0.15, 0.2) is 5.69 Å². The van der Waals surface area contributed by atoms with Gasteiger partial charge in [0, 0.05) is 25.3 Å². The predicted molar refractivity (Wildman–Crippen MR) is 100 cm³/mol. The van der Waals surface area contributed by atoms with E-state index in [0.717, 1.165) is 51.1 Å². The molecule has 2 fully saturated rings. The zero-order valence-electron chi connectivity index (χ0n) is 15.3. The third-order valence-corrected chi connectivity index (χ3v) is 5.45. The number of nitrogens with one attached hydrogen (secondary N) is 2. The average molecular weight is 372 g/mol. The Labute approximate surface area is 157 Å². The molecule has 2 aliphatic heterocycles. The van der Waals surface area contributed by atoms with Crippen molar-refractivity contribution >= 4 is 11.6 Å². The Kier molecular flexibility index (Phi) is 5.33. The van der Waals surface area contributed by atoms with Crippen LogP contribution in [0.4, 0.5) is 10.1 Å². The van der Waals surface area contributed by atoms with Gasteiger partial charge in [-0.15, -0.1) is 5.10 Å². The van der Waals surface area contributed by atoms with E-state index >= 15 is 0 Å². The maximum Gasteiger partial charge on any atom is 0.273 e. The van der Waals surface area contributed by atoms with Crippen LogP contribution in [0.15, 0.2) is 30.5 Å². The first-order chi connectivity index (χ1) is 13.2. The van der Waals surface area contributed by atoms with Crippen molar-refractivity contribution in [2.75, 3.05) is 37.6 Å². The normalized spacial score (nSPS) is 20.8. The summed E-state index contributed by atoms with van der Waals surface area (Å²) in [5.41, 5.74) is 1.40. The van der Waals surface area contributed by atoms with Crippen LogP contribution in [0.1, 0.15) is 35.8 Å². The molecule has 0 radical (unpaired) electrons. The first-order valence-corrected chi connectivity index (χ1v) is 9.60. The molecule has 1 amide bonds. The van der Waals surface area contributed by atoms with Gasteiger partial charge >= 0.3 is 0 Å². The van der Waals surface area contributed by atoms with Crippen molar-refractivity contribution in [1.29, 1.82) is 0 Å². The van der Waals surface area contributed by atoms with Crippen LogP contribution in [-0.4, -0.2) is 53.6 Å². The molecule has 2 aliphatic rings. The summed E-state index contributed by atoms with van der Waals surface area (Å²) >= 11 is 0. The zero-order valence-corrected chi connectivity index (χ0v) is 15.3. The molecule has 0 aliphatic carbocycles. The maximum atomic E-state index is 13.1. The predicted octanol–water partition coefficient (Wildman–Crippen LogP) is 1.60. The molecule has 0 bridgehead atoms. The van der Waals surface area contributed by atoms with Gasteiger partial charge in [-0.2, -0.15) is 0 Å². The van der Waals surface area contributed by atoms with Crippen molar-refractivity contribution in [3.63, 3.8) is 0 Å². The number of aromatic nitrogens is 3. The van der Waals surface area contributed by atoms with E-state index in [1.54, 1.807) is 18.3 Å². The molecule has 27 heavy (non-hydrogen) atoms. The molecule has 0 spiro atoms. The van der Waals surface area contributed by atoms with Crippen molar-refractivity contribution in [2.45, 2.75) is 25.3 Å². The van der Waals surface area contributed by atoms with Crippen molar-refractivity contribution < 1.29 is 9.18 Å². The van der Waals surface area contributed by atoms with E-state index in [4.69, 9.17) is 0 Å². The van der Waals surface area contributed by atoms with E-state index in [-0.39, 0.29) is 11.7 Å². The largest absolute Gasteiger partial charge is 0.371 e. The molecule has 2 N–H and O–H groups in total. The number of hydrogen-bond donors (Lipinski definition) is 2. The molecular formula is C19H25FN6O. The van der Waals surface area contributed by atoms with Crippen LogP contribution >= 0.6 is 0 Å². The lowest BCUT2D eigenvalue weighted by molar-refractivity contribution is 0.0943. The zero-order chi connectivity index (χ0) is 18.6. The highest BCUT2D eigenvalue weighted by Gasteiger charge is 2.24. The number of carbonyl (C=O) groups is 1. The van der Waals surface area contributed by atoms with Gasteiger partial charge in [-0.3, -0.25) is 4.79 Å². The van der Waals surface area contributed by atoms with Gasteiger partial charge in [0.05, 0.1) is 12.2 Å². The molecule has 4 rings (SSSR count). The lowest BCUT2D eigenvalue weighted by Crippen LogP contribution is -2.31. The molecule has 2 saturated heterocycles. The van der Waals surface area contributed by atoms with Crippen LogP contribution in [-0.2, 0) is 0 Å². The summed E-state index contributed by atoms with van der Waals surface area (Å²) < 4.78 is 14.9. The standard InChI is InChI=1S/C19H25FN6O/c20-15-1-3-16(4-2-15)25-10-7-14(12-25)11-22-19(27)18-13-26(24-23-18)17-5-8-21-9-6-17/h1-4,13-14,17,21H,5-12H2,(H,22,27). The lowest BCUT2D eigenvalue weighted by Gasteiger charge is -2.22. The fraction of sp³-hybridized carbons (Fsp3) is 0.526. The first kappa shape index (κ1) is 17.9. The van der Waals surface area contributed by atoms with E-state index in [2.05, 4.69) is 25.8 Å². The summed E-state index contributed by atoms with van der Waals surface area (Å²) in [6.45, 7) is 4.32. The number of hydrogen-bond acceptors (Lipinski definition) is 5. The Morgan fingerprint density at radius 2 is 2.00 bits per heavy atom. The second-order valence-corrected chi connectivity index (χ2v) is 7.35. The van der Waals surface area contributed by atoms with Crippen molar-refractivity contribution in [2.24, 2.45) is 5.92 Å². The second kappa shape index (κ2) is 8.04. The monoisotopic (exact) mass is 372 g/mol. The van der Waals surface area contributed by atoms with Crippen LogP contribution < -0.4 is 15.5 Å². The van der Waals surface area contributed by atoms with Gasteiger partial charge in [-0.25, -0.2) is 9.07 Å². The summed E-state index contributed by atoms with van der Waals surface area (Å²) in [4.78, 5) is 14.6. The molecule has 1 aromatic carbocycles. The molecule has 1 aromatic heterocycles. The van der Waals surface area contributed by atoms with Gasteiger partial charge in [-0.1, -0.05) is 5.21 Å². The van der Waals surface area contributed by atoms with Gasteiger partial charge in [0.2, 0.25) is 0 Å². The number of rotatable bonds is 5. The highest BCUT2D eigenvalue weighted by molar-refractivity contribution is 5.91. The Morgan fingerprint density at radius 3 is 2.78 bits per heavy atom. The summed E-state index contributed by atoms with van der Waals surface area (Å²) in [6.07, 6.45) is 4.77. The molecule has 3 heterocycles. The number of piperidine rings is 1. The number of halogens is 1. The Hall–Kier alpha value is -2.48. The smallest absolute Gasteiger partial charge is 0.273 e. The molecule has 0 saturated carbocycles. The molecule has 8 heteroatoms. The minimum absolute atomic E-state index is 0.171. The van der Waals surface area contributed by atoms with Gasteiger partial charge in [0.1, 0.15) is 5.82 Å². The Bertz CT molecular complexity index is 771. The topological polar surface area (TPSA) is 75.1 Å². The fourth-order valence-corrected chi connectivity index (χ4v) is 3.84. The molecule has 2 aromatic rings. The lowest BCUT2D eigenvalue weighted by atomic mass is 10.1. The van der Waals surface area contributed by atoms with Crippen LogP contribution in [0.25, 0.3) is 0 Å². The third-order valence-electron chi connectivity index (χ3n) is 5.45. The van der Waals surface area contributed by atoms with Crippen molar-refractivity contribution in [3.8, 4) is 0 Å². The van der Waals surface area contributed by atoms with Gasteiger partial charge in [-0.05, 0) is 62.5 Å². The van der Waals surface area contributed by atoms with E-state index in [0.29, 0.717) is 24.2 Å². The van der Waals surface area contributed by atoms with E-state index in [1.807, 2.05) is 4.68 Å². The van der Waals surface area contributed by atoms with Gasteiger partial charge in [0.25, 0.3) is 5.91 Å². The number of anilines is 1. The minimum Gasteiger partial charge on any atom is -0.371 e. The van der Waals surface area contributed by atoms with Gasteiger partial charge < -0.3 is 15.5 Å². The van der Waals surface area contributed by atoms with Crippen LogP contribution in [0.5, 0.6) is 0 Å². The average Bonchev–Trinajstić information content (AvgIpc) is 3.37. The number of carbonyl (C=O) groups excluding carboxylic acids is 1. The Balaban J connectivity index is 1.27. The SMILES string of the molecule is O=C(NCC1CCN(c2ccc(F)cc2)C1)c1cn(C2CCNCC2)nn1. The third kappa shape index (κ3) is 4.27. The highest BCUT2D eigenvalue weighted by Crippen LogP contribution is 2.23. The molecule has 1 atom stereocenters. The summed E-state index contributed by atoms with van der Waals surface area (Å²) in [7, 11) is 0. The van der Waals surface area contributed by atoms with E-state index in [1.165, 1.54) is 12.1 Å². The second-order valence-electron chi connectivity index (χ2n) is 7.35. The van der Waals surface area contributed by atoms with Crippen LogP contribution in [0.2, 0.25) is 0 Å². The molecule has 1 unspecified atom stereocenters. The minimum atomic E-state index is -0.223. The molecular weight excluding hydrogens is 347 g/mol. The maximum absolute atomic E-state index is 13.1. The van der Waals surface area contributed by atoms with Crippen molar-refractivity contribution in [3.05, 3.63) is 42.0 Å². The van der Waals surface area contributed by atoms with Crippen molar-refractivity contribution in [1.82, 2.24) is 25.6 Å². The highest BCUT2D eigenvalue weighted by atomic mass is 19.1.